The third kappa shape index (κ3) is 1.34. The Morgan fingerprint density at radius 3 is 3.00 bits per heavy atom. The number of hydrogen-bond acceptors (Lipinski definition) is 4. The summed E-state index contributed by atoms with van der Waals surface area (Å²) in [5.41, 5.74) is 9.10. The second-order valence-corrected chi connectivity index (χ2v) is 4.01. The molecular weight excluding hydrogens is 228 g/mol. The first-order valence-corrected chi connectivity index (χ1v) is 5.36. The van der Waals surface area contributed by atoms with Crippen LogP contribution in [-0.4, -0.2) is 19.7 Å². The molecule has 0 fully saturated rings. The van der Waals surface area contributed by atoms with Crippen LogP contribution in [0.3, 0.4) is 0 Å². The molecule has 3 rings (SSSR count). The number of hydrogen-bond donors (Lipinski definition) is 2. The van der Waals surface area contributed by atoms with Gasteiger partial charge in [0.05, 0.1) is 22.8 Å². The fourth-order valence-electron chi connectivity index (χ4n) is 2.02. The van der Waals surface area contributed by atoms with Crippen LogP contribution < -0.4 is 5.73 Å². The lowest BCUT2D eigenvalue weighted by Crippen LogP contribution is -1.87. The fraction of sp³-hybridized carbons (Fsp3) is 0.0833. The number of nitrogens with one attached hydrogen (secondary N) is 1. The summed E-state index contributed by atoms with van der Waals surface area (Å²) in [7, 11) is 1.82. The van der Waals surface area contributed by atoms with Crippen molar-refractivity contribution in [2.45, 2.75) is 0 Å². The topological polar surface area (TPSA) is 96.3 Å². The van der Waals surface area contributed by atoms with Crippen molar-refractivity contribution in [2.75, 3.05) is 5.73 Å². The van der Waals surface area contributed by atoms with Crippen molar-refractivity contribution in [2.24, 2.45) is 7.05 Å². The van der Waals surface area contributed by atoms with Crippen LogP contribution in [0.25, 0.3) is 22.3 Å². The lowest BCUT2D eigenvalue weighted by Gasteiger charge is -1.94. The molecule has 0 aliphatic rings. The average Bonchev–Trinajstić information content (AvgIpc) is 2.92. The molecule has 0 aliphatic heterocycles. The van der Waals surface area contributed by atoms with Gasteiger partial charge in [0.1, 0.15) is 11.7 Å². The van der Waals surface area contributed by atoms with Crippen molar-refractivity contribution in [3.05, 3.63) is 30.2 Å². The van der Waals surface area contributed by atoms with Gasteiger partial charge in [-0.3, -0.25) is 4.68 Å². The largest absolute Gasteiger partial charge is 0.398 e. The molecule has 3 N–H and O–H groups in total. The molecule has 0 aromatic carbocycles. The first-order chi connectivity index (χ1) is 8.70. The standard InChI is InChI=1S/C12H10N6/c1-18-6-7(5-16-18)11-8(4-13)10-9(14)2-3-15-12(10)17-11/h2-3,5-6H,1H3,(H3,14,15,17). The Morgan fingerprint density at radius 1 is 1.50 bits per heavy atom. The molecule has 3 heterocycles. The van der Waals surface area contributed by atoms with Crippen LogP contribution in [0.5, 0.6) is 0 Å². The minimum atomic E-state index is 0.503. The normalized spacial score (nSPS) is 10.7. The van der Waals surface area contributed by atoms with Crippen molar-refractivity contribution in [1.29, 1.82) is 5.26 Å². The van der Waals surface area contributed by atoms with Gasteiger partial charge in [0.15, 0.2) is 0 Å². The van der Waals surface area contributed by atoms with Gasteiger partial charge in [-0.15, -0.1) is 0 Å². The van der Waals surface area contributed by atoms with Gasteiger partial charge in [-0.1, -0.05) is 0 Å². The molecule has 3 aromatic heterocycles. The summed E-state index contributed by atoms with van der Waals surface area (Å²) >= 11 is 0. The number of aryl methyl sites for hydroxylation is 1. The third-order valence-corrected chi connectivity index (χ3v) is 2.83. The average molecular weight is 238 g/mol. The molecule has 0 saturated heterocycles. The highest BCUT2D eigenvalue weighted by Crippen LogP contribution is 2.31. The second-order valence-electron chi connectivity index (χ2n) is 4.01. The van der Waals surface area contributed by atoms with Crippen molar-refractivity contribution in [3.8, 4) is 17.3 Å². The Balaban J connectivity index is 2.38. The van der Waals surface area contributed by atoms with E-state index in [2.05, 4.69) is 21.1 Å². The lowest BCUT2D eigenvalue weighted by atomic mass is 10.1. The number of anilines is 1. The summed E-state index contributed by atoms with van der Waals surface area (Å²) in [6.45, 7) is 0. The quantitative estimate of drug-likeness (QED) is 0.670. The molecule has 6 nitrogen and oxygen atoms in total. The number of nitrogen functional groups attached to an aromatic ring is 1. The molecule has 0 saturated carbocycles. The van der Waals surface area contributed by atoms with E-state index in [1.165, 1.54) is 0 Å². The summed E-state index contributed by atoms with van der Waals surface area (Å²) in [5, 5.41) is 14.1. The van der Waals surface area contributed by atoms with Crippen LogP contribution in [0.1, 0.15) is 5.56 Å². The predicted molar refractivity (Wildman–Crippen MR) is 67.4 cm³/mol. The molecule has 0 aliphatic carbocycles. The third-order valence-electron chi connectivity index (χ3n) is 2.83. The highest BCUT2D eigenvalue weighted by Gasteiger charge is 2.16. The molecule has 88 valence electrons. The Hall–Kier alpha value is -2.81. The van der Waals surface area contributed by atoms with Crippen molar-refractivity contribution >= 4 is 16.7 Å². The molecule has 0 unspecified atom stereocenters. The number of nitriles is 1. The maximum atomic E-state index is 9.32. The zero-order valence-electron chi connectivity index (χ0n) is 9.68. The predicted octanol–water partition coefficient (Wildman–Crippen LogP) is 1.42. The lowest BCUT2D eigenvalue weighted by molar-refractivity contribution is 0.768. The maximum absolute atomic E-state index is 9.32. The van der Waals surface area contributed by atoms with Gasteiger partial charge in [-0.2, -0.15) is 10.4 Å². The summed E-state index contributed by atoms with van der Waals surface area (Å²) in [6, 6.07) is 3.86. The van der Waals surface area contributed by atoms with E-state index in [0.717, 1.165) is 5.56 Å². The van der Waals surface area contributed by atoms with Gasteiger partial charge in [-0.25, -0.2) is 4.98 Å². The van der Waals surface area contributed by atoms with E-state index in [9.17, 15) is 5.26 Å². The summed E-state index contributed by atoms with van der Waals surface area (Å²) in [4.78, 5) is 7.31. The Kier molecular flexibility index (Phi) is 2.07. The molecular formula is C12H10N6. The summed E-state index contributed by atoms with van der Waals surface area (Å²) < 4.78 is 1.68. The Labute approximate surface area is 103 Å². The number of fused-ring (bicyclic) bond motifs is 1. The smallest absolute Gasteiger partial charge is 0.141 e. The second kappa shape index (κ2) is 3.60. The number of nitrogens with two attached hydrogens (primary N) is 1. The Morgan fingerprint density at radius 2 is 2.33 bits per heavy atom. The van der Waals surface area contributed by atoms with E-state index >= 15 is 0 Å². The molecule has 0 spiro atoms. The van der Waals surface area contributed by atoms with Crippen LogP contribution >= 0.6 is 0 Å². The monoisotopic (exact) mass is 238 g/mol. The van der Waals surface area contributed by atoms with Gasteiger partial charge >= 0.3 is 0 Å². The van der Waals surface area contributed by atoms with Crippen LogP contribution in [0, 0.1) is 11.3 Å². The van der Waals surface area contributed by atoms with Gasteiger partial charge in [0, 0.05) is 30.7 Å². The van der Waals surface area contributed by atoms with Crippen molar-refractivity contribution in [1.82, 2.24) is 19.7 Å². The number of aromatic nitrogens is 4. The van der Waals surface area contributed by atoms with E-state index in [4.69, 9.17) is 5.73 Å². The minimum absolute atomic E-state index is 0.503. The number of pyridine rings is 1. The van der Waals surface area contributed by atoms with Gasteiger partial charge in [0.25, 0.3) is 0 Å². The maximum Gasteiger partial charge on any atom is 0.141 e. The number of nitrogens with zero attached hydrogens (tertiary/aromatic N) is 4. The van der Waals surface area contributed by atoms with Crippen LogP contribution in [0.4, 0.5) is 5.69 Å². The molecule has 0 bridgehead atoms. The highest BCUT2D eigenvalue weighted by molar-refractivity contribution is 5.98. The van der Waals surface area contributed by atoms with E-state index in [0.29, 0.717) is 28.0 Å². The molecule has 6 heteroatoms. The van der Waals surface area contributed by atoms with Gasteiger partial charge in [0.2, 0.25) is 0 Å². The first kappa shape index (κ1) is 10.4. The number of H-pyrrole nitrogens is 1. The Bertz CT molecular complexity index is 774. The van der Waals surface area contributed by atoms with E-state index in [1.54, 1.807) is 23.1 Å². The van der Waals surface area contributed by atoms with Crippen LogP contribution in [0.15, 0.2) is 24.7 Å². The summed E-state index contributed by atoms with van der Waals surface area (Å²) in [6.07, 6.45) is 5.14. The van der Waals surface area contributed by atoms with Gasteiger partial charge < -0.3 is 10.7 Å². The number of aromatic amines is 1. The van der Waals surface area contributed by atoms with E-state index in [-0.39, 0.29) is 0 Å². The van der Waals surface area contributed by atoms with Crippen LogP contribution in [-0.2, 0) is 7.05 Å². The minimum Gasteiger partial charge on any atom is -0.398 e. The van der Waals surface area contributed by atoms with E-state index < -0.39 is 0 Å². The number of rotatable bonds is 1. The molecule has 18 heavy (non-hydrogen) atoms. The van der Waals surface area contributed by atoms with E-state index in [1.807, 2.05) is 13.2 Å². The molecule has 0 amide bonds. The van der Waals surface area contributed by atoms with Crippen molar-refractivity contribution in [3.63, 3.8) is 0 Å². The SMILES string of the molecule is Cn1cc(-c2[nH]c3nccc(N)c3c2C#N)cn1. The molecule has 3 aromatic rings. The highest BCUT2D eigenvalue weighted by atomic mass is 15.2. The summed E-state index contributed by atoms with van der Waals surface area (Å²) in [5.74, 6) is 0. The zero-order chi connectivity index (χ0) is 12.7. The molecule has 0 atom stereocenters. The van der Waals surface area contributed by atoms with Crippen LogP contribution in [0.2, 0.25) is 0 Å². The zero-order valence-corrected chi connectivity index (χ0v) is 9.68. The van der Waals surface area contributed by atoms with Crippen molar-refractivity contribution < 1.29 is 0 Å². The first-order valence-electron chi connectivity index (χ1n) is 5.36. The fourth-order valence-corrected chi connectivity index (χ4v) is 2.02. The molecule has 0 radical (unpaired) electrons. The van der Waals surface area contributed by atoms with Gasteiger partial charge in [-0.05, 0) is 6.07 Å².